The van der Waals surface area contributed by atoms with Gasteiger partial charge in [-0.05, 0) is 42.8 Å². The van der Waals surface area contributed by atoms with Gasteiger partial charge in [0.1, 0.15) is 11.0 Å². The van der Waals surface area contributed by atoms with Crippen LogP contribution in [-0.2, 0) is 4.79 Å². The molecule has 0 bridgehead atoms. The Morgan fingerprint density at radius 3 is 2.46 bits per heavy atom. The van der Waals surface area contributed by atoms with Gasteiger partial charge in [0, 0.05) is 11.3 Å². The maximum Gasteiger partial charge on any atom is 0.317 e. The highest BCUT2D eigenvalue weighted by molar-refractivity contribution is 8.00. The minimum atomic E-state index is -0.827. The SMILES string of the molecule is CCCC[C@@H](Sc1nnc(-c2ccc(OC)cc2)n1-c1ccccc1)C(=O)O. The van der Waals surface area contributed by atoms with Crippen molar-refractivity contribution in [2.75, 3.05) is 7.11 Å². The number of ether oxygens (including phenoxy) is 1. The van der Waals surface area contributed by atoms with Crippen LogP contribution < -0.4 is 4.74 Å². The van der Waals surface area contributed by atoms with Crippen molar-refractivity contribution in [2.45, 2.75) is 36.6 Å². The second-order valence-electron chi connectivity index (χ2n) is 6.29. The summed E-state index contributed by atoms with van der Waals surface area (Å²) in [6, 6.07) is 17.3. The van der Waals surface area contributed by atoms with Gasteiger partial charge in [-0.25, -0.2) is 0 Å². The van der Waals surface area contributed by atoms with Crippen molar-refractivity contribution in [1.82, 2.24) is 14.8 Å². The van der Waals surface area contributed by atoms with E-state index in [0.717, 1.165) is 29.8 Å². The van der Waals surface area contributed by atoms with Crippen LogP contribution >= 0.6 is 11.8 Å². The van der Waals surface area contributed by atoms with Crippen LogP contribution in [0.1, 0.15) is 26.2 Å². The summed E-state index contributed by atoms with van der Waals surface area (Å²) in [6.07, 6.45) is 2.40. The zero-order valence-corrected chi connectivity index (χ0v) is 16.7. The summed E-state index contributed by atoms with van der Waals surface area (Å²) in [6.45, 7) is 2.05. The Labute approximate surface area is 168 Å². The number of benzene rings is 2. The Morgan fingerprint density at radius 2 is 1.86 bits per heavy atom. The van der Waals surface area contributed by atoms with Gasteiger partial charge in [-0.3, -0.25) is 9.36 Å². The van der Waals surface area contributed by atoms with Gasteiger partial charge in [-0.2, -0.15) is 0 Å². The van der Waals surface area contributed by atoms with E-state index in [0.29, 0.717) is 17.4 Å². The molecule has 6 nitrogen and oxygen atoms in total. The van der Waals surface area contributed by atoms with E-state index >= 15 is 0 Å². The van der Waals surface area contributed by atoms with Crippen molar-refractivity contribution in [2.24, 2.45) is 0 Å². The predicted octanol–water partition coefficient (Wildman–Crippen LogP) is 4.68. The van der Waals surface area contributed by atoms with Crippen LogP contribution in [0.2, 0.25) is 0 Å². The standard InChI is InChI=1S/C21H23N3O3S/c1-3-4-10-18(20(25)26)28-21-23-22-19(15-11-13-17(27-2)14-12-15)24(21)16-8-6-5-7-9-16/h5-9,11-14,18H,3-4,10H2,1-2H3,(H,25,26)/t18-/m1/s1. The molecule has 1 N–H and O–H groups in total. The molecule has 1 aromatic heterocycles. The van der Waals surface area contributed by atoms with E-state index in [1.54, 1.807) is 7.11 Å². The largest absolute Gasteiger partial charge is 0.497 e. The van der Waals surface area contributed by atoms with Crippen molar-refractivity contribution < 1.29 is 14.6 Å². The Bertz CT molecular complexity index is 910. The van der Waals surface area contributed by atoms with Gasteiger partial charge in [0.2, 0.25) is 0 Å². The number of unbranched alkanes of at least 4 members (excludes halogenated alkanes) is 1. The Kier molecular flexibility index (Phi) is 6.71. The van der Waals surface area contributed by atoms with Gasteiger partial charge in [0.05, 0.1) is 7.11 Å². The number of carboxylic acid groups (broad SMARTS) is 1. The van der Waals surface area contributed by atoms with E-state index in [4.69, 9.17) is 4.74 Å². The zero-order valence-electron chi connectivity index (χ0n) is 15.9. The monoisotopic (exact) mass is 397 g/mol. The zero-order chi connectivity index (χ0) is 19.9. The highest BCUT2D eigenvalue weighted by atomic mass is 32.2. The van der Waals surface area contributed by atoms with Gasteiger partial charge in [-0.1, -0.05) is 49.7 Å². The fourth-order valence-electron chi connectivity index (χ4n) is 2.83. The van der Waals surface area contributed by atoms with Crippen LogP contribution in [0.25, 0.3) is 17.1 Å². The Hall–Kier alpha value is -2.80. The molecule has 3 aromatic rings. The van der Waals surface area contributed by atoms with E-state index in [1.165, 1.54) is 11.8 Å². The molecule has 0 saturated carbocycles. The summed E-state index contributed by atoms with van der Waals surface area (Å²) in [5.41, 5.74) is 1.77. The first-order chi connectivity index (χ1) is 13.6. The van der Waals surface area contributed by atoms with Gasteiger partial charge in [0.15, 0.2) is 11.0 Å². The van der Waals surface area contributed by atoms with E-state index < -0.39 is 11.2 Å². The summed E-state index contributed by atoms with van der Waals surface area (Å²) in [4.78, 5) is 11.7. The second-order valence-corrected chi connectivity index (χ2v) is 7.46. The number of methoxy groups -OCH3 is 1. The van der Waals surface area contributed by atoms with Crippen LogP contribution in [0.3, 0.4) is 0 Å². The molecule has 0 radical (unpaired) electrons. The predicted molar refractivity (Wildman–Crippen MR) is 110 cm³/mol. The molecule has 1 heterocycles. The molecule has 0 saturated heterocycles. The average Bonchev–Trinajstić information content (AvgIpc) is 3.15. The molecule has 0 aliphatic rings. The summed E-state index contributed by atoms with van der Waals surface area (Å²) < 4.78 is 7.14. The Morgan fingerprint density at radius 1 is 1.14 bits per heavy atom. The Balaban J connectivity index is 2.03. The van der Waals surface area contributed by atoms with E-state index in [-0.39, 0.29) is 0 Å². The van der Waals surface area contributed by atoms with Crippen LogP contribution in [0.15, 0.2) is 59.8 Å². The fraction of sp³-hybridized carbons (Fsp3) is 0.286. The first-order valence-electron chi connectivity index (χ1n) is 9.18. The van der Waals surface area contributed by atoms with Gasteiger partial charge in [-0.15, -0.1) is 10.2 Å². The van der Waals surface area contributed by atoms with Gasteiger partial charge >= 0.3 is 5.97 Å². The molecular formula is C21H23N3O3S. The van der Waals surface area contributed by atoms with Crippen LogP contribution in [0.4, 0.5) is 0 Å². The number of rotatable bonds is 9. The molecule has 2 aromatic carbocycles. The van der Waals surface area contributed by atoms with Crippen molar-refractivity contribution in [1.29, 1.82) is 0 Å². The summed E-state index contributed by atoms with van der Waals surface area (Å²) >= 11 is 1.25. The van der Waals surface area contributed by atoms with E-state index in [2.05, 4.69) is 17.1 Å². The minimum absolute atomic E-state index is 0.560. The van der Waals surface area contributed by atoms with Crippen LogP contribution in [-0.4, -0.2) is 38.2 Å². The maximum absolute atomic E-state index is 11.7. The lowest BCUT2D eigenvalue weighted by molar-refractivity contribution is -0.136. The van der Waals surface area contributed by atoms with Crippen molar-refractivity contribution >= 4 is 17.7 Å². The lowest BCUT2D eigenvalue weighted by Crippen LogP contribution is -2.17. The number of carboxylic acids is 1. The molecule has 0 aliphatic heterocycles. The number of hydrogen-bond acceptors (Lipinski definition) is 5. The number of aromatic nitrogens is 3. The molecular weight excluding hydrogens is 374 g/mol. The first kappa shape index (κ1) is 19.9. The van der Waals surface area contributed by atoms with Crippen molar-refractivity contribution in [3.05, 3.63) is 54.6 Å². The molecule has 0 amide bonds. The lowest BCUT2D eigenvalue weighted by Gasteiger charge is -2.14. The molecule has 0 fully saturated rings. The molecule has 0 aliphatic carbocycles. The summed E-state index contributed by atoms with van der Waals surface area (Å²) in [5.74, 6) is 0.595. The molecule has 0 spiro atoms. The molecule has 0 unspecified atom stereocenters. The lowest BCUT2D eigenvalue weighted by atomic mass is 10.2. The average molecular weight is 398 g/mol. The topological polar surface area (TPSA) is 77.2 Å². The molecule has 3 rings (SSSR count). The van der Waals surface area contributed by atoms with Crippen molar-refractivity contribution in [3.8, 4) is 22.8 Å². The number of para-hydroxylation sites is 1. The third-order valence-electron chi connectivity index (χ3n) is 4.34. The third kappa shape index (κ3) is 4.54. The van der Waals surface area contributed by atoms with E-state index in [1.807, 2.05) is 59.2 Å². The number of thioether (sulfide) groups is 1. The second kappa shape index (κ2) is 9.41. The summed E-state index contributed by atoms with van der Waals surface area (Å²) in [7, 11) is 1.62. The number of carbonyl (C=O) groups is 1. The van der Waals surface area contributed by atoms with Crippen molar-refractivity contribution in [3.63, 3.8) is 0 Å². The number of hydrogen-bond donors (Lipinski definition) is 1. The number of nitrogens with zero attached hydrogens (tertiary/aromatic N) is 3. The third-order valence-corrected chi connectivity index (χ3v) is 5.54. The summed E-state index contributed by atoms with van der Waals surface area (Å²) in [5, 5.41) is 18.3. The quantitative estimate of drug-likeness (QED) is 0.528. The molecule has 7 heteroatoms. The van der Waals surface area contributed by atoms with Gasteiger partial charge < -0.3 is 9.84 Å². The van der Waals surface area contributed by atoms with Gasteiger partial charge in [0.25, 0.3) is 0 Å². The maximum atomic E-state index is 11.7. The fourth-order valence-corrected chi connectivity index (χ4v) is 3.86. The normalized spacial score (nSPS) is 11.9. The highest BCUT2D eigenvalue weighted by Gasteiger charge is 2.24. The smallest absolute Gasteiger partial charge is 0.317 e. The first-order valence-corrected chi connectivity index (χ1v) is 10.1. The molecule has 28 heavy (non-hydrogen) atoms. The van der Waals surface area contributed by atoms with Crippen LogP contribution in [0.5, 0.6) is 5.75 Å². The minimum Gasteiger partial charge on any atom is -0.497 e. The number of aliphatic carboxylic acids is 1. The molecule has 1 atom stereocenters. The molecule has 146 valence electrons. The highest BCUT2D eigenvalue weighted by Crippen LogP contribution is 2.32. The van der Waals surface area contributed by atoms with E-state index in [9.17, 15) is 9.90 Å². The van der Waals surface area contributed by atoms with Crippen LogP contribution in [0, 0.1) is 0 Å².